The highest BCUT2D eigenvalue weighted by Crippen LogP contribution is 2.43. The Kier molecular flexibility index (Phi) is 6.63. The summed E-state index contributed by atoms with van der Waals surface area (Å²) in [6, 6.07) is 7.54. The van der Waals surface area contributed by atoms with E-state index in [0.29, 0.717) is 38.1 Å². The Morgan fingerprint density at radius 3 is 2.55 bits per heavy atom. The van der Waals surface area contributed by atoms with Crippen LogP contribution in [-0.2, 0) is 7.05 Å². The third-order valence-electron chi connectivity index (χ3n) is 5.92. The lowest BCUT2D eigenvalue weighted by Crippen LogP contribution is -2.17. The van der Waals surface area contributed by atoms with Gasteiger partial charge in [-0.3, -0.25) is 19.4 Å². The number of hydrogen-bond acceptors (Lipinski definition) is 6. The van der Waals surface area contributed by atoms with Crippen LogP contribution in [0.25, 0.3) is 32.6 Å². The monoisotopic (exact) mass is 575 g/mol. The van der Waals surface area contributed by atoms with E-state index in [1.807, 2.05) is 0 Å². The van der Waals surface area contributed by atoms with E-state index in [-0.39, 0.29) is 26.5 Å². The summed E-state index contributed by atoms with van der Waals surface area (Å²) in [4.78, 5) is 29.7. The molecule has 0 aliphatic rings. The lowest BCUT2D eigenvalue weighted by atomic mass is 10.0. The SMILES string of the molecule is Cc1c(-c2cc(C(F)F)nc3sc(C(N)=O)c(NC(=O)c4cc(-c5ccc(Cl)cc5Cl)n[nH]4)c23)cnn1C. The van der Waals surface area contributed by atoms with Crippen molar-refractivity contribution in [3.63, 3.8) is 0 Å². The van der Waals surface area contributed by atoms with E-state index in [2.05, 4.69) is 25.6 Å². The molecule has 0 aliphatic heterocycles. The Morgan fingerprint density at radius 2 is 1.92 bits per heavy atom. The van der Waals surface area contributed by atoms with Crippen molar-refractivity contribution in [2.45, 2.75) is 13.3 Å². The Morgan fingerprint density at radius 1 is 1.16 bits per heavy atom. The van der Waals surface area contributed by atoms with E-state index in [1.54, 1.807) is 36.9 Å². The first kappa shape index (κ1) is 25.8. The van der Waals surface area contributed by atoms with Gasteiger partial charge in [0.1, 0.15) is 21.1 Å². The van der Waals surface area contributed by atoms with Crippen LogP contribution < -0.4 is 11.1 Å². The van der Waals surface area contributed by atoms with Crippen molar-refractivity contribution in [1.82, 2.24) is 25.0 Å². The van der Waals surface area contributed by atoms with Gasteiger partial charge in [-0.15, -0.1) is 11.3 Å². The summed E-state index contributed by atoms with van der Waals surface area (Å²) in [5.74, 6) is -1.50. The van der Waals surface area contributed by atoms with Gasteiger partial charge in [0.05, 0.1) is 22.6 Å². The molecular formula is C24H17Cl2F2N7O2S. The number of rotatable bonds is 6. The third kappa shape index (κ3) is 4.51. The normalized spacial score (nSPS) is 11.4. The number of nitrogens with one attached hydrogen (secondary N) is 2. The maximum atomic E-state index is 13.7. The molecule has 0 fully saturated rings. The van der Waals surface area contributed by atoms with E-state index in [0.717, 1.165) is 11.3 Å². The predicted octanol–water partition coefficient (Wildman–Crippen LogP) is 5.99. The van der Waals surface area contributed by atoms with Crippen molar-refractivity contribution in [3.05, 3.63) is 68.5 Å². The first-order valence-corrected chi connectivity index (χ1v) is 12.5. The Balaban J connectivity index is 1.63. The highest BCUT2D eigenvalue weighted by molar-refractivity contribution is 7.21. The molecule has 0 unspecified atom stereocenters. The number of aromatic nitrogens is 5. The minimum absolute atomic E-state index is 0.0458. The summed E-state index contributed by atoms with van der Waals surface area (Å²) < 4.78 is 29.0. The fraction of sp³-hybridized carbons (Fsp3) is 0.125. The number of aryl methyl sites for hydroxylation is 1. The number of nitrogens with zero attached hydrogens (tertiary/aromatic N) is 4. The number of hydrogen-bond donors (Lipinski definition) is 3. The van der Waals surface area contributed by atoms with Crippen molar-refractivity contribution in [3.8, 4) is 22.4 Å². The molecule has 0 saturated heterocycles. The van der Waals surface area contributed by atoms with Crippen molar-refractivity contribution < 1.29 is 18.4 Å². The van der Waals surface area contributed by atoms with E-state index in [4.69, 9.17) is 28.9 Å². The van der Waals surface area contributed by atoms with Crippen LogP contribution in [0.2, 0.25) is 10.0 Å². The molecule has 9 nitrogen and oxygen atoms in total. The number of thiophene rings is 1. The topological polar surface area (TPSA) is 132 Å². The molecule has 4 N–H and O–H groups in total. The number of H-pyrrole nitrogens is 1. The van der Waals surface area contributed by atoms with Gasteiger partial charge in [0.2, 0.25) is 0 Å². The van der Waals surface area contributed by atoms with Gasteiger partial charge < -0.3 is 11.1 Å². The van der Waals surface area contributed by atoms with Crippen LogP contribution >= 0.6 is 34.5 Å². The number of amides is 2. The molecule has 0 spiro atoms. The van der Waals surface area contributed by atoms with E-state index in [1.165, 1.54) is 18.3 Å². The Hall–Kier alpha value is -3.87. The second-order valence-corrected chi connectivity index (χ2v) is 10.1. The summed E-state index contributed by atoms with van der Waals surface area (Å²) in [5.41, 5.74) is 7.70. The number of halogens is 4. The first-order valence-electron chi connectivity index (χ1n) is 10.9. The maximum absolute atomic E-state index is 13.7. The maximum Gasteiger partial charge on any atom is 0.280 e. The molecule has 38 heavy (non-hydrogen) atoms. The largest absolute Gasteiger partial charge is 0.365 e. The molecule has 5 aromatic rings. The molecule has 0 saturated carbocycles. The van der Waals surface area contributed by atoms with Crippen LogP contribution in [0.3, 0.4) is 0 Å². The third-order valence-corrected chi connectivity index (χ3v) is 7.57. The number of anilines is 1. The van der Waals surface area contributed by atoms with E-state index in [9.17, 15) is 18.4 Å². The molecule has 0 aliphatic carbocycles. The standard InChI is InChI=1S/C24H17Cl2F2N7O2S/c1-9-13(8-30-35(9)2)12-6-16(21(27)28)31-24-18(12)19(20(38-24)22(29)36)32-23(37)17-7-15(33-34-17)11-4-3-10(25)5-14(11)26/h3-8,21H,1-2H3,(H2,29,36)(H,32,37)(H,33,34). The van der Waals surface area contributed by atoms with Crippen LogP contribution in [0.5, 0.6) is 0 Å². The van der Waals surface area contributed by atoms with Crippen LogP contribution in [-0.4, -0.2) is 36.8 Å². The van der Waals surface area contributed by atoms with Gasteiger partial charge in [-0.2, -0.15) is 10.2 Å². The van der Waals surface area contributed by atoms with Crippen molar-refractivity contribution in [1.29, 1.82) is 0 Å². The highest BCUT2D eigenvalue weighted by Gasteiger charge is 2.27. The number of fused-ring (bicyclic) bond motifs is 1. The molecule has 0 bridgehead atoms. The van der Waals surface area contributed by atoms with Gasteiger partial charge in [-0.05, 0) is 42.8 Å². The molecule has 1 aromatic carbocycles. The van der Waals surface area contributed by atoms with E-state index < -0.39 is 23.9 Å². The van der Waals surface area contributed by atoms with Gasteiger partial charge in [-0.25, -0.2) is 13.8 Å². The molecule has 194 valence electrons. The number of pyridine rings is 1. The summed E-state index contributed by atoms with van der Waals surface area (Å²) >= 11 is 13.0. The van der Waals surface area contributed by atoms with Crippen LogP contribution in [0.1, 0.15) is 38.0 Å². The number of nitrogens with two attached hydrogens (primary N) is 1. The number of carbonyl (C=O) groups is 2. The predicted molar refractivity (Wildman–Crippen MR) is 142 cm³/mol. The van der Waals surface area contributed by atoms with Gasteiger partial charge in [-0.1, -0.05) is 23.2 Å². The molecule has 0 atom stereocenters. The molecule has 5 rings (SSSR count). The quantitative estimate of drug-likeness (QED) is 0.229. The average Bonchev–Trinajstić information content (AvgIpc) is 3.57. The highest BCUT2D eigenvalue weighted by atomic mass is 35.5. The minimum atomic E-state index is -2.87. The number of primary amides is 1. The minimum Gasteiger partial charge on any atom is -0.365 e. The van der Waals surface area contributed by atoms with Crippen molar-refractivity contribution in [2.24, 2.45) is 12.8 Å². The summed E-state index contributed by atoms with van der Waals surface area (Å²) in [5, 5.41) is 14.8. The summed E-state index contributed by atoms with van der Waals surface area (Å²) in [6.45, 7) is 1.77. The summed E-state index contributed by atoms with van der Waals surface area (Å²) in [6.07, 6.45) is -1.35. The number of carbonyl (C=O) groups excluding carboxylic acids is 2. The van der Waals surface area contributed by atoms with Gasteiger partial charge in [0, 0.05) is 34.3 Å². The molecule has 2 amide bonds. The van der Waals surface area contributed by atoms with Crippen molar-refractivity contribution >= 4 is 62.3 Å². The Bertz CT molecular complexity index is 1750. The summed E-state index contributed by atoms with van der Waals surface area (Å²) in [7, 11) is 1.71. The fourth-order valence-corrected chi connectivity index (χ4v) is 5.47. The van der Waals surface area contributed by atoms with E-state index >= 15 is 0 Å². The zero-order valence-electron chi connectivity index (χ0n) is 19.6. The molecule has 4 aromatic heterocycles. The van der Waals surface area contributed by atoms with Gasteiger partial charge in [0.25, 0.3) is 18.2 Å². The smallest absolute Gasteiger partial charge is 0.280 e. The lowest BCUT2D eigenvalue weighted by molar-refractivity contribution is 0.100. The van der Waals surface area contributed by atoms with Crippen LogP contribution in [0.15, 0.2) is 36.5 Å². The zero-order chi connectivity index (χ0) is 27.3. The molecule has 4 heterocycles. The van der Waals surface area contributed by atoms with Gasteiger partial charge >= 0.3 is 0 Å². The Labute approximate surface area is 227 Å². The number of benzene rings is 1. The first-order chi connectivity index (χ1) is 18.0. The van der Waals surface area contributed by atoms with Gasteiger partial charge in [0.15, 0.2) is 0 Å². The molecular weight excluding hydrogens is 559 g/mol. The lowest BCUT2D eigenvalue weighted by Gasteiger charge is -2.10. The van der Waals surface area contributed by atoms with Crippen molar-refractivity contribution in [2.75, 3.05) is 5.32 Å². The van der Waals surface area contributed by atoms with Crippen LogP contribution in [0.4, 0.5) is 14.5 Å². The molecule has 14 heteroatoms. The number of aromatic amines is 1. The number of alkyl halides is 2. The van der Waals surface area contributed by atoms with Crippen LogP contribution in [0, 0.1) is 6.92 Å². The molecule has 0 radical (unpaired) electrons. The average molecular weight is 576 g/mol. The zero-order valence-corrected chi connectivity index (χ0v) is 22.0. The fourth-order valence-electron chi connectivity index (χ4n) is 3.95. The second kappa shape index (κ2) is 9.78. The second-order valence-electron chi connectivity index (χ2n) is 8.26.